The predicted octanol–water partition coefficient (Wildman–Crippen LogP) is 3.87. The van der Waals surface area contributed by atoms with E-state index in [-0.39, 0.29) is 113 Å². The Labute approximate surface area is 639 Å². The van der Waals surface area contributed by atoms with Crippen LogP contribution in [0.1, 0.15) is 149 Å². The maximum atomic E-state index is 15.1. The quantitative estimate of drug-likeness (QED) is 0.0191. The zero-order valence-corrected chi connectivity index (χ0v) is 62.9. The maximum Gasteiger partial charge on any atom is 0.326 e. The Balaban J connectivity index is 1.16. The summed E-state index contributed by atoms with van der Waals surface area (Å²) < 4.78 is 0. The highest BCUT2D eigenvalue weighted by molar-refractivity contribution is 6.30. The monoisotopic (exact) mass is 1520 g/mol. The summed E-state index contributed by atoms with van der Waals surface area (Å²) in [6.07, 6.45) is 10.2. The van der Waals surface area contributed by atoms with E-state index < -0.39 is 138 Å². The van der Waals surface area contributed by atoms with Crippen molar-refractivity contribution < 1.29 is 67.7 Å². The van der Waals surface area contributed by atoms with E-state index in [4.69, 9.17) is 17.3 Å². The summed E-state index contributed by atoms with van der Waals surface area (Å²) in [7, 11) is 0. The number of nitrogens with zero attached hydrogens (tertiary/aromatic N) is 4. The molecular formula is C79H102ClN15O14. The van der Waals surface area contributed by atoms with Crippen LogP contribution in [-0.2, 0) is 67.2 Å². The number of aromatic nitrogens is 3. The Morgan fingerprint density at radius 2 is 1.01 bits per heavy atom. The Morgan fingerprint density at radius 1 is 0.514 bits per heavy atom. The number of Topliss-reactive ketones (excluding diaryl/α,β-unsaturated/α-hetero) is 1. The number of carboxylic acids is 1. The van der Waals surface area contributed by atoms with Crippen LogP contribution in [0.2, 0.25) is 5.02 Å². The second kappa shape index (κ2) is 44.0. The normalized spacial score (nSPS) is 15.1. The number of hydrogen-bond donors (Lipinski definition) is 13. The van der Waals surface area contributed by atoms with Gasteiger partial charge in [0.25, 0.3) is 5.91 Å². The molecule has 1 saturated heterocycles. The first-order valence-corrected chi connectivity index (χ1v) is 37.4. The summed E-state index contributed by atoms with van der Waals surface area (Å²) in [5, 5.41) is 51.2. The van der Waals surface area contributed by atoms with Crippen LogP contribution < -0.4 is 58.9 Å². The van der Waals surface area contributed by atoms with Crippen LogP contribution in [0.3, 0.4) is 0 Å². The lowest BCUT2D eigenvalue weighted by Crippen LogP contribution is -2.61. The minimum absolute atomic E-state index is 0.0118. The van der Waals surface area contributed by atoms with Gasteiger partial charge in [0.15, 0.2) is 5.78 Å². The fourth-order valence-corrected chi connectivity index (χ4v) is 12.8. The number of amides is 10. The Morgan fingerprint density at radius 3 is 1.59 bits per heavy atom. The van der Waals surface area contributed by atoms with Gasteiger partial charge in [0.2, 0.25) is 53.2 Å². The third kappa shape index (κ3) is 28.2. The molecule has 1 aliphatic heterocycles. The minimum Gasteiger partial charge on any atom is -0.480 e. The van der Waals surface area contributed by atoms with Crippen molar-refractivity contribution in [3.8, 4) is 0 Å². The Kier molecular flexibility index (Phi) is 34.6. The highest BCUT2D eigenvalue weighted by atomic mass is 35.5. The number of aliphatic hydroxyl groups is 1. The number of carboxylic acid groups (broad SMARTS) is 1. The molecule has 1 fully saturated rings. The second-order valence-electron chi connectivity index (χ2n) is 28.0. The van der Waals surface area contributed by atoms with E-state index in [1.54, 1.807) is 74.5 Å². The molecule has 0 spiro atoms. The lowest BCUT2D eigenvalue weighted by Gasteiger charge is -2.30. The number of carbonyl (C=O) groups excluding carboxylic acids is 11. The van der Waals surface area contributed by atoms with E-state index in [9.17, 15) is 58.2 Å². The lowest BCUT2D eigenvalue weighted by molar-refractivity contribution is -0.149. The lowest BCUT2D eigenvalue weighted by atomic mass is 9.98. The minimum atomic E-state index is -1.84. The Bertz CT molecular complexity index is 4030. The number of nitrogens with two attached hydrogens (primary N) is 1. The number of likely N-dealkylation sites (tertiary alicyclic amines) is 1. The van der Waals surface area contributed by atoms with Crippen molar-refractivity contribution in [3.05, 3.63) is 173 Å². The van der Waals surface area contributed by atoms with E-state index in [2.05, 4.69) is 68.1 Å². The first-order chi connectivity index (χ1) is 52.3. The molecule has 6 aromatic rings. The van der Waals surface area contributed by atoms with Crippen LogP contribution in [-0.4, -0.2) is 194 Å². The number of fused-ring (bicyclic) bond motifs is 1. The van der Waals surface area contributed by atoms with E-state index >= 15 is 9.59 Å². The summed E-state index contributed by atoms with van der Waals surface area (Å²) in [6.45, 7) is 8.62. The molecule has 29 nitrogen and oxygen atoms in total. The number of rotatable bonds is 44. The maximum absolute atomic E-state index is 15.1. The molecule has 0 saturated carbocycles. The van der Waals surface area contributed by atoms with Gasteiger partial charge >= 0.3 is 5.97 Å². The van der Waals surface area contributed by atoms with Gasteiger partial charge in [0.1, 0.15) is 54.4 Å². The fourth-order valence-electron chi connectivity index (χ4n) is 12.7. The average molecular weight is 1520 g/mol. The molecular weight excluding hydrogens is 1420 g/mol. The predicted molar refractivity (Wildman–Crippen MR) is 409 cm³/mol. The molecule has 0 radical (unpaired) electrons. The van der Waals surface area contributed by atoms with Crippen molar-refractivity contribution >= 4 is 93.2 Å². The Hall–Kier alpha value is -10.6. The van der Waals surface area contributed by atoms with E-state index in [1.165, 1.54) is 49.0 Å². The van der Waals surface area contributed by atoms with Crippen LogP contribution in [0.15, 0.2) is 140 Å². The number of unbranched alkanes of at least 4 members (excludes halogenated alkanes) is 2. The molecule has 0 bridgehead atoms. The van der Waals surface area contributed by atoms with E-state index in [1.807, 2.05) is 56.3 Å². The summed E-state index contributed by atoms with van der Waals surface area (Å²) >= 11 is 6.26. The molecule has 30 heteroatoms. The number of pyridine rings is 3. The third-order valence-corrected chi connectivity index (χ3v) is 18.7. The number of benzene rings is 3. The van der Waals surface area contributed by atoms with Gasteiger partial charge in [-0.15, -0.1) is 0 Å². The van der Waals surface area contributed by atoms with Crippen molar-refractivity contribution in [2.45, 2.75) is 197 Å². The first-order valence-electron chi connectivity index (χ1n) is 37.0. The van der Waals surface area contributed by atoms with Crippen LogP contribution in [0.25, 0.3) is 10.8 Å². The molecule has 1 aliphatic rings. The van der Waals surface area contributed by atoms with Crippen molar-refractivity contribution in [1.29, 1.82) is 0 Å². The average Bonchev–Trinajstić information content (AvgIpc) is 1.52. The topological polar surface area (TPSA) is 434 Å². The van der Waals surface area contributed by atoms with Gasteiger partial charge in [-0.25, -0.2) is 4.79 Å². The van der Waals surface area contributed by atoms with Gasteiger partial charge in [0, 0.05) is 93.1 Å². The number of halogens is 1. The number of nitrogens with one attached hydrogen (secondary N) is 10. The van der Waals surface area contributed by atoms with Crippen LogP contribution in [0.4, 0.5) is 0 Å². The highest BCUT2D eigenvalue weighted by Crippen LogP contribution is 2.23. The van der Waals surface area contributed by atoms with Crippen LogP contribution >= 0.6 is 11.6 Å². The summed E-state index contributed by atoms with van der Waals surface area (Å²) in [5.74, 6) is -9.74. The molecule has 14 N–H and O–H groups in total. The van der Waals surface area contributed by atoms with Crippen molar-refractivity contribution in [2.75, 3.05) is 26.2 Å². The zero-order chi connectivity index (χ0) is 78.9. The zero-order valence-electron chi connectivity index (χ0n) is 62.2. The summed E-state index contributed by atoms with van der Waals surface area (Å²) in [6, 6.07) is 15.6. The van der Waals surface area contributed by atoms with Gasteiger partial charge in [-0.05, 0) is 159 Å². The molecule has 0 aliphatic carbocycles. The van der Waals surface area contributed by atoms with Crippen molar-refractivity contribution in [2.24, 2.45) is 11.7 Å². The summed E-state index contributed by atoms with van der Waals surface area (Å²) in [5.41, 5.74) is 8.64. The first kappa shape index (κ1) is 85.6. The molecule has 109 heavy (non-hydrogen) atoms. The smallest absolute Gasteiger partial charge is 0.326 e. The molecule has 584 valence electrons. The number of aliphatic hydroxyl groups excluding tert-OH is 1. The summed E-state index contributed by atoms with van der Waals surface area (Å²) in [4.78, 5) is 183. The van der Waals surface area contributed by atoms with Crippen LogP contribution in [0.5, 0.6) is 0 Å². The number of ketones is 1. The number of aliphatic carboxylic acids is 1. The SMILES string of the molecule is CC(=O)N[C@H](Cc1ccc2ccccc2c1)C(=O)N[C@H](Cc1ccc(Cl)cc1)C(=O)N[C@H](Cc1cccnc1)C(=O)N[C@@H](CO)C(=O)N[C@@H](CCCCNC(=O)c1cccnc1)C(=O)N[C@H](CCCC(N)C(=O)c1cccnc1)C(=O)N[C@@H](CC(C)C)C(=O)N[C@@H](CCCCNC(C)C)C(=O)N1CCC[C@H]1C(=O)O. The molecule has 3 aromatic carbocycles. The standard InChI is InChI=1S/C79H102ClN15O14/c1-48(2)39-63(73(102)90-62(24-9-10-36-85-49(3)4)78(107)95-38-16-26-68(95)79(108)109)91-72(101)61(25-12-22-59(81)69(98)56-20-14-34-83-45-56)88-71(100)60(23-8-11-37-86-70(99)57-21-15-35-84-46-57)89-77(106)67(47-96)94-76(105)66(43-53-17-13-33-82-44-53)93-75(104)65(41-51-28-31-58(80)32-29-51)92-74(103)64(87-50(5)97)42-52-27-30-54-18-6-7-19-55(54)40-52/h6-7,13-15,17-21,27-35,40,44-46,48-49,59-68,85,96H,8-12,16,22-26,36-39,41-43,47,81H2,1-5H3,(H,86,99)(H,87,97)(H,88,100)(H,89,106)(H,90,102)(H,91,101)(H,92,103)(H,93,104)(H,94,105)(H,108,109)/t59?,60-,61+,62-,63-,64+,65+,66+,67-,68-/m0/s1. The van der Waals surface area contributed by atoms with Gasteiger partial charge in [-0.2, -0.15) is 0 Å². The van der Waals surface area contributed by atoms with E-state index in [0.29, 0.717) is 47.5 Å². The fraction of sp³-hybridized carbons (Fsp3) is 0.456. The molecule has 7 rings (SSSR count). The largest absolute Gasteiger partial charge is 0.480 e. The molecule has 3 aromatic heterocycles. The van der Waals surface area contributed by atoms with E-state index in [0.717, 1.165) is 10.8 Å². The molecule has 10 amide bonds. The van der Waals surface area contributed by atoms with Crippen LogP contribution in [0, 0.1) is 5.92 Å². The second-order valence-corrected chi connectivity index (χ2v) is 28.5. The van der Waals surface area contributed by atoms with Crippen molar-refractivity contribution in [1.82, 2.24) is 73.0 Å². The molecule has 4 heterocycles. The van der Waals surface area contributed by atoms with Gasteiger partial charge in [0.05, 0.1) is 18.2 Å². The van der Waals surface area contributed by atoms with Crippen molar-refractivity contribution in [3.63, 3.8) is 0 Å². The third-order valence-electron chi connectivity index (χ3n) is 18.5. The van der Waals surface area contributed by atoms with Gasteiger partial charge in [-0.3, -0.25) is 67.7 Å². The van der Waals surface area contributed by atoms with Gasteiger partial charge in [-0.1, -0.05) is 100.0 Å². The van der Waals surface area contributed by atoms with Gasteiger partial charge < -0.3 is 74.0 Å². The number of hydrogen-bond acceptors (Lipinski definition) is 18. The number of carbonyl (C=O) groups is 12. The highest BCUT2D eigenvalue weighted by Gasteiger charge is 2.40. The molecule has 10 atom stereocenters. The molecule has 1 unspecified atom stereocenters.